The quantitative estimate of drug-likeness (QED) is 0.344. The number of nitrogens with zero attached hydrogens (tertiary/aromatic N) is 2. The van der Waals surface area contributed by atoms with Gasteiger partial charge in [-0.3, -0.25) is 0 Å². The van der Waals surface area contributed by atoms with Crippen LogP contribution in [0.4, 0.5) is 0 Å². The molecule has 0 atom stereocenters. The van der Waals surface area contributed by atoms with Gasteiger partial charge in [0.1, 0.15) is 10.1 Å². The molecule has 5 heteroatoms. The molecule has 0 unspecified atom stereocenters. The lowest BCUT2D eigenvalue weighted by molar-refractivity contribution is 0.413. The lowest BCUT2D eigenvalue weighted by atomic mass is 10.3. The molecule has 0 radical (unpaired) electrons. The molecule has 0 aliphatic carbocycles. The highest BCUT2D eigenvalue weighted by Gasteiger charge is 2.02. The lowest BCUT2D eigenvalue weighted by Gasteiger charge is -2.03. The van der Waals surface area contributed by atoms with Gasteiger partial charge in [0.15, 0.2) is 0 Å². The fourth-order valence-corrected chi connectivity index (χ4v) is 2.28. The van der Waals surface area contributed by atoms with Crippen LogP contribution in [-0.4, -0.2) is 17.7 Å². The maximum absolute atomic E-state index is 8.46. The Morgan fingerprint density at radius 2 is 2.33 bits per heavy atom. The summed E-state index contributed by atoms with van der Waals surface area (Å²) < 4.78 is 5.83. The molecule has 15 heavy (non-hydrogen) atoms. The van der Waals surface area contributed by atoms with E-state index in [1.807, 2.05) is 30.5 Å². The zero-order valence-electron chi connectivity index (χ0n) is 8.43. The Labute approximate surface area is 97.5 Å². The first-order valence-corrected chi connectivity index (χ1v) is 6.17. The second kappa shape index (κ2) is 6.38. The number of thioether (sulfide) groups is 2. The molecule has 0 amide bonds. The summed E-state index contributed by atoms with van der Waals surface area (Å²) in [6.45, 7) is 0. The first-order valence-electron chi connectivity index (χ1n) is 4.13. The molecule has 3 nitrogen and oxygen atoms in total. The minimum Gasteiger partial charge on any atom is -0.497 e. The van der Waals surface area contributed by atoms with Crippen LogP contribution in [0.15, 0.2) is 34.2 Å². The Morgan fingerprint density at radius 3 is 2.93 bits per heavy atom. The second-order valence-electron chi connectivity index (χ2n) is 2.46. The maximum atomic E-state index is 8.46. The van der Waals surface area contributed by atoms with Gasteiger partial charge in [0.2, 0.25) is 6.19 Å². The van der Waals surface area contributed by atoms with E-state index in [4.69, 9.17) is 10.00 Å². The Kier molecular flexibility index (Phi) is 5.08. The molecule has 0 fully saturated rings. The third-order valence-corrected chi connectivity index (χ3v) is 3.51. The molecular formula is C10H10N2OS2. The minimum atomic E-state index is 0.728. The highest BCUT2D eigenvalue weighted by Crippen LogP contribution is 2.27. The van der Waals surface area contributed by atoms with E-state index in [0.29, 0.717) is 0 Å². The topological polar surface area (TPSA) is 45.4 Å². The van der Waals surface area contributed by atoms with Crippen molar-refractivity contribution in [1.29, 1.82) is 5.26 Å². The molecule has 1 aromatic rings. The Bertz CT molecular complexity index is 399. The van der Waals surface area contributed by atoms with Crippen LogP contribution >= 0.6 is 23.5 Å². The van der Waals surface area contributed by atoms with Crippen LogP contribution in [0.1, 0.15) is 0 Å². The zero-order valence-corrected chi connectivity index (χ0v) is 10.1. The van der Waals surface area contributed by atoms with E-state index in [0.717, 1.165) is 15.0 Å². The van der Waals surface area contributed by atoms with Crippen LogP contribution in [0.2, 0.25) is 0 Å². The van der Waals surface area contributed by atoms with E-state index < -0.39 is 0 Å². The average molecular weight is 238 g/mol. The summed E-state index contributed by atoms with van der Waals surface area (Å²) in [7, 11) is 1.63. The standard InChI is InChI=1S/C10H10N2OS2/c1-13-8-4-3-5-9(6-8)15-10(14-2)12-7-11/h3-6H,1-2H3. The molecule has 78 valence electrons. The van der Waals surface area contributed by atoms with Crippen molar-refractivity contribution < 1.29 is 4.74 Å². The predicted octanol–water partition coefficient (Wildman–Crippen LogP) is 2.99. The SMILES string of the molecule is COc1cccc(SC(=NC#N)SC)c1. The van der Waals surface area contributed by atoms with Crippen molar-refractivity contribution in [1.82, 2.24) is 0 Å². The maximum Gasteiger partial charge on any atom is 0.207 e. The molecule has 0 aromatic heterocycles. The summed E-state index contributed by atoms with van der Waals surface area (Å²) >= 11 is 2.91. The van der Waals surface area contributed by atoms with Gasteiger partial charge < -0.3 is 4.74 Å². The van der Waals surface area contributed by atoms with Gasteiger partial charge in [0.05, 0.1) is 7.11 Å². The van der Waals surface area contributed by atoms with Crippen LogP contribution in [-0.2, 0) is 0 Å². The summed E-state index contributed by atoms with van der Waals surface area (Å²) in [5.74, 6) is 0.803. The fraction of sp³-hybridized carbons (Fsp3) is 0.200. The van der Waals surface area contributed by atoms with Crippen molar-refractivity contribution in [3.63, 3.8) is 0 Å². The first-order chi connectivity index (χ1) is 7.30. The number of benzene rings is 1. The average Bonchev–Trinajstić information content (AvgIpc) is 2.29. The summed E-state index contributed by atoms with van der Waals surface area (Å²) in [5, 5.41) is 8.46. The van der Waals surface area contributed by atoms with Crippen LogP contribution in [0.25, 0.3) is 0 Å². The second-order valence-corrected chi connectivity index (χ2v) is 4.58. The third kappa shape index (κ3) is 3.86. The smallest absolute Gasteiger partial charge is 0.207 e. The highest BCUT2D eigenvalue weighted by molar-refractivity contribution is 8.38. The largest absolute Gasteiger partial charge is 0.497 e. The Balaban J connectivity index is 2.80. The highest BCUT2D eigenvalue weighted by atomic mass is 32.2. The van der Waals surface area contributed by atoms with Gasteiger partial charge in [0.25, 0.3) is 0 Å². The van der Waals surface area contributed by atoms with Crippen molar-refractivity contribution in [3.05, 3.63) is 24.3 Å². The van der Waals surface area contributed by atoms with Crippen molar-refractivity contribution in [2.75, 3.05) is 13.4 Å². The molecule has 0 heterocycles. The predicted molar refractivity (Wildman–Crippen MR) is 65.4 cm³/mol. The van der Waals surface area contributed by atoms with Crippen molar-refractivity contribution in [2.45, 2.75) is 4.90 Å². The first kappa shape index (κ1) is 12.0. The Hall–Kier alpha value is -1.12. The van der Waals surface area contributed by atoms with E-state index in [9.17, 15) is 0 Å². The van der Waals surface area contributed by atoms with Gasteiger partial charge in [-0.25, -0.2) is 0 Å². The number of nitriles is 1. The van der Waals surface area contributed by atoms with Crippen LogP contribution in [0.3, 0.4) is 0 Å². The van der Waals surface area contributed by atoms with Gasteiger partial charge in [-0.15, -0.1) is 11.8 Å². The number of hydrogen-bond donors (Lipinski definition) is 0. The molecule has 0 saturated heterocycles. The number of aliphatic imine (C=N–C) groups is 1. The molecule has 0 aliphatic heterocycles. The van der Waals surface area contributed by atoms with Crippen molar-refractivity contribution >= 4 is 27.9 Å². The number of methoxy groups -OCH3 is 1. The number of hydrogen-bond acceptors (Lipinski definition) is 5. The number of rotatable bonds is 2. The van der Waals surface area contributed by atoms with E-state index in [1.165, 1.54) is 23.5 Å². The van der Waals surface area contributed by atoms with Crippen LogP contribution in [0.5, 0.6) is 5.75 Å². The third-order valence-electron chi connectivity index (χ3n) is 1.56. The van der Waals surface area contributed by atoms with E-state index in [1.54, 1.807) is 13.3 Å². The summed E-state index contributed by atoms with van der Waals surface area (Å²) in [6.07, 6.45) is 3.67. The minimum absolute atomic E-state index is 0.728. The van der Waals surface area contributed by atoms with E-state index in [-0.39, 0.29) is 0 Å². The fourth-order valence-electron chi connectivity index (χ4n) is 0.916. The van der Waals surface area contributed by atoms with E-state index in [2.05, 4.69) is 4.99 Å². The molecule has 1 aromatic carbocycles. The molecule has 0 spiro atoms. The summed E-state index contributed by atoms with van der Waals surface area (Å²) in [4.78, 5) is 4.71. The summed E-state index contributed by atoms with van der Waals surface area (Å²) in [5.41, 5.74) is 0. The van der Waals surface area contributed by atoms with Crippen LogP contribution in [0, 0.1) is 11.5 Å². The monoisotopic (exact) mass is 238 g/mol. The van der Waals surface area contributed by atoms with Gasteiger partial charge >= 0.3 is 0 Å². The van der Waals surface area contributed by atoms with Crippen molar-refractivity contribution in [3.8, 4) is 11.9 Å². The number of ether oxygens (including phenoxy) is 1. The molecule has 0 bridgehead atoms. The molecular weight excluding hydrogens is 228 g/mol. The van der Waals surface area contributed by atoms with Gasteiger partial charge in [-0.1, -0.05) is 17.8 Å². The van der Waals surface area contributed by atoms with Gasteiger partial charge in [0, 0.05) is 4.90 Å². The lowest BCUT2D eigenvalue weighted by Crippen LogP contribution is -1.85. The van der Waals surface area contributed by atoms with Gasteiger partial charge in [-0.2, -0.15) is 10.3 Å². The molecule has 0 aliphatic rings. The zero-order chi connectivity index (χ0) is 11.1. The van der Waals surface area contributed by atoms with E-state index >= 15 is 0 Å². The Morgan fingerprint density at radius 1 is 1.53 bits per heavy atom. The van der Waals surface area contributed by atoms with Crippen molar-refractivity contribution in [2.24, 2.45) is 4.99 Å². The summed E-state index contributed by atoms with van der Waals surface area (Å²) in [6, 6.07) is 7.65. The molecule has 0 saturated carbocycles. The normalized spacial score (nSPS) is 10.9. The molecule has 1 rings (SSSR count). The molecule has 0 N–H and O–H groups in total. The van der Waals surface area contributed by atoms with Crippen LogP contribution < -0.4 is 4.74 Å². The van der Waals surface area contributed by atoms with Gasteiger partial charge in [-0.05, 0) is 24.5 Å².